The van der Waals surface area contributed by atoms with Gasteiger partial charge in [0.25, 0.3) is 5.91 Å². The SMILES string of the molecule is Cc1cccc(Cn2nc(C(C)(C)C)cc2C(=O)NC2CCC(N)CC2)c1. The highest BCUT2D eigenvalue weighted by Gasteiger charge is 2.26. The van der Waals surface area contributed by atoms with E-state index < -0.39 is 0 Å². The molecule has 1 amide bonds. The molecule has 146 valence electrons. The lowest BCUT2D eigenvalue weighted by Crippen LogP contribution is -2.41. The first-order valence-corrected chi connectivity index (χ1v) is 9.92. The molecular formula is C22H32N4O. The summed E-state index contributed by atoms with van der Waals surface area (Å²) in [7, 11) is 0. The molecule has 0 aliphatic heterocycles. The lowest BCUT2D eigenvalue weighted by atomic mass is 9.91. The third-order valence-electron chi connectivity index (χ3n) is 5.30. The third-order valence-corrected chi connectivity index (χ3v) is 5.30. The van der Waals surface area contributed by atoms with E-state index in [2.05, 4.69) is 51.2 Å². The van der Waals surface area contributed by atoms with Gasteiger partial charge in [0.05, 0.1) is 12.2 Å². The summed E-state index contributed by atoms with van der Waals surface area (Å²) in [5.74, 6) is -0.0360. The Kier molecular flexibility index (Phi) is 5.70. The van der Waals surface area contributed by atoms with E-state index in [1.54, 1.807) is 0 Å². The van der Waals surface area contributed by atoms with Crippen molar-refractivity contribution in [2.45, 2.75) is 77.4 Å². The van der Waals surface area contributed by atoms with Crippen LogP contribution in [0.25, 0.3) is 0 Å². The molecular weight excluding hydrogens is 336 g/mol. The van der Waals surface area contributed by atoms with Crippen LogP contribution in [0.1, 0.15) is 73.8 Å². The summed E-state index contributed by atoms with van der Waals surface area (Å²) in [6.07, 6.45) is 3.84. The second-order valence-corrected chi connectivity index (χ2v) is 8.90. The fraction of sp³-hybridized carbons (Fsp3) is 0.545. The summed E-state index contributed by atoms with van der Waals surface area (Å²) in [5.41, 5.74) is 9.81. The van der Waals surface area contributed by atoms with Crippen molar-refractivity contribution in [2.75, 3.05) is 0 Å². The minimum Gasteiger partial charge on any atom is -0.348 e. The zero-order valence-corrected chi connectivity index (χ0v) is 17.0. The molecule has 0 saturated heterocycles. The number of rotatable bonds is 4. The van der Waals surface area contributed by atoms with Gasteiger partial charge in [0.15, 0.2) is 0 Å². The quantitative estimate of drug-likeness (QED) is 0.867. The zero-order chi connectivity index (χ0) is 19.6. The van der Waals surface area contributed by atoms with Gasteiger partial charge in [0, 0.05) is 17.5 Å². The second kappa shape index (κ2) is 7.85. The first-order valence-electron chi connectivity index (χ1n) is 9.92. The lowest BCUT2D eigenvalue weighted by Gasteiger charge is -2.26. The van der Waals surface area contributed by atoms with E-state index in [9.17, 15) is 4.79 Å². The molecule has 1 saturated carbocycles. The maximum absolute atomic E-state index is 13.0. The Bertz CT molecular complexity index is 795. The molecule has 1 aromatic heterocycles. The van der Waals surface area contributed by atoms with Crippen LogP contribution in [0.2, 0.25) is 0 Å². The first kappa shape index (κ1) is 19.6. The van der Waals surface area contributed by atoms with Crippen molar-refractivity contribution in [3.63, 3.8) is 0 Å². The number of amides is 1. The highest BCUT2D eigenvalue weighted by Crippen LogP contribution is 2.23. The van der Waals surface area contributed by atoms with Crippen LogP contribution in [-0.2, 0) is 12.0 Å². The number of hydrogen-bond donors (Lipinski definition) is 2. The lowest BCUT2D eigenvalue weighted by molar-refractivity contribution is 0.0915. The standard InChI is InChI=1S/C22H32N4O/c1-15-6-5-7-16(12-15)14-26-19(13-20(25-26)22(2,3)4)21(27)24-18-10-8-17(23)9-11-18/h5-7,12-13,17-18H,8-11,14,23H2,1-4H3,(H,24,27). The van der Waals surface area contributed by atoms with E-state index in [-0.39, 0.29) is 23.4 Å². The van der Waals surface area contributed by atoms with Crippen LogP contribution in [0.3, 0.4) is 0 Å². The number of carbonyl (C=O) groups excluding carboxylic acids is 1. The summed E-state index contributed by atoms with van der Waals surface area (Å²) in [6.45, 7) is 9.04. The molecule has 0 radical (unpaired) electrons. The van der Waals surface area contributed by atoms with Gasteiger partial charge in [0.2, 0.25) is 0 Å². The van der Waals surface area contributed by atoms with Gasteiger partial charge in [-0.25, -0.2) is 0 Å². The molecule has 0 bridgehead atoms. The first-order chi connectivity index (χ1) is 12.7. The molecule has 2 aromatic rings. The Morgan fingerprint density at radius 1 is 1.22 bits per heavy atom. The van der Waals surface area contributed by atoms with Crippen molar-refractivity contribution in [2.24, 2.45) is 5.73 Å². The number of benzene rings is 1. The van der Waals surface area contributed by atoms with Gasteiger partial charge in [-0.3, -0.25) is 9.48 Å². The Morgan fingerprint density at radius 2 is 1.93 bits per heavy atom. The summed E-state index contributed by atoms with van der Waals surface area (Å²) >= 11 is 0. The molecule has 1 heterocycles. The van der Waals surface area contributed by atoms with Crippen LogP contribution in [0.4, 0.5) is 0 Å². The van der Waals surface area contributed by atoms with Crippen molar-refractivity contribution in [1.82, 2.24) is 15.1 Å². The van der Waals surface area contributed by atoms with Crippen LogP contribution in [0.15, 0.2) is 30.3 Å². The van der Waals surface area contributed by atoms with E-state index in [1.165, 1.54) is 5.56 Å². The largest absolute Gasteiger partial charge is 0.348 e. The zero-order valence-electron chi connectivity index (χ0n) is 17.0. The van der Waals surface area contributed by atoms with Crippen LogP contribution < -0.4 is 11.1 Å². The number of nitrogens with one attached hydrogen (secondary N) is 1. The summed E-state index contributed by atoms with van der Waals surface area (Å²) < 4.78 is 1.85. The number of hydrogen-bond acceptors (Lipinski definition) is 3. The molecule has 5 heteroatoms. The molecule has 0 unspecified atom stereocenters. The average Bonchev–Trinajstić information content (AvgIpc) is 3.01. The van der Waals surface area contributed by atoms with Gasteiger partial charge in [-0.15, -0.1) is 0 Å². The number of aromatic nitrogens is 2. The van der Waals surface area contributed by atoms with E-state index in [1.807, 2.05) is 16.8 Å². The smallest absolute Gasteiger partial charge is 0.269 e. The van der Waals surface area contributed by atoms with Crippen molar-refractivity contribution >= 4 is 5.91 Å². The van der Waals surface area contributed by atoms with Crippen molar-refractivity contribution in [3.8, 4) is 0 Å². The molecule has 1 aliphatic rings. The molecule has 0 atom stereocenters. The number of carbonyl (C=O) groups is 1. The van der Waals surface area contributed by atoms with Gasteiger partial charge < -0.3 is 11.1 Å². The molecule has 5 nitrogen and oxygen atoms in total. The summed E-state index contributed by atoms with van der Waals surface area (Å²) in [4.78, 5) is 13.0. The highest BCUT2D eigenvalue weighted by atomic mass is 16.2. The van der Waals surface area contributed by atoms with Crippen LogP contribution >= 0.6 is 0 Å². The molecule has 1 aliphatic carbocycles. The predicted molar refractivity (Wildman–Crippen MR) is 109 cm³/mol. The van der Waals surface area contributed by atoms with E-state index in [4.69, 9.17) is 10.8 Å². The number of nitrogens with zero attached hydrogens (tertiary/aromatic N) is 2. The maximum Gasteiger partial charge on any atom is 0.269 e. The van der Waals surface area contributed by atoms with Gasteiger partial charge >= 0.3 is 0 Å². The minimum atomic E-state index is -0.107. The Labute approximate surface area is 162 Å². The van der Waals surface area contributed by atoms with E-state index >= 15 is 0 Å². The van der Waals surface area contributed by atoms with E-state index in [0.717, 1.165) is 36.9 Å². The fourth-order valence-corrected chi connectivity index (χ4v) is 3.59. The van der Waals surface area contributed by atoms with Gasteiger partial charge in [-0.2, -0.15) is 5.10 Å². The molecule has 3 rings (SSSR count). The summed E-state index contributed by atoms with van der Waals surface area (Å²) in [6, 6.07) is 10.8. The van der Waals surface area contributed by atoms with Crippen LogP contribution in [0.5, 0.6) is 0 Å². The highest BCUT2D eigenvalue weighted by molar-refractivity contribution is 5.93. The third kappa shape index (κ3) is 4.98. The average molecular weight is 369 g/mol. The molecule has 3 N–H and O–H groups in total. The summed E-state index contributed by atoms with van der Waals surface area (Å²) in [5, 5.41) is 7.97. The minimum absolute atomic E-state index is 0.0360. The Morgan fingerprint density at radius 3 is 2.56 bits per heavy atom. The maximum atomic E-state index is 13.0. The van der Waals surface area contributed by atoms with Crippen LogP contribution in [-0.4, -0.2) is 27.8 Å². The van der Waals surface area contributed by atoms with Crippen molar-refractivity contribution in [1.29, 1.82) is 0 Å². The predicted octanol–water partition coefficient (Wildman–Crippen LogP) is 3.54. The molecule has 27 heavy (non-hydrogen) atoms. The van der Waals surface area contributed by atoms with Crippen molar-refractivity contribution in [3.05, 3.63) is 52.8 Å². The number of nitrogens with two attached hydrogens (primary N) is 1. The number of aryl methyl sites for hydroxylation is 1. The van der Waals surface area contributed by atoms with Crippen LogP contribution in [0, 0.1) is 6.92 Å². The second-order valence-electron chi connectivity index (χ2n) is 8.90. The van der Waals surface area contributed by atoms with Gasteiger partial charge in [0.1, 0.15) is 5.69 Å². The molecule has 1 fully saturated rings. The molecule has 0 spiro atoms. The van der Waals surface area contributed by atoms with Gasteiger partial charge in [-0.05, 0) is 44.2 Å². The molecule has 1 aromatic carbocycles. The normalized spacial score (nSPS) is 20.5. The van der Waals surface area contributed by atoms with Crippen molar-refractivity contribution < 1.29 is 4.79 Å². The van der Waals surface area contributed by atoms with E-state index in [0.29, 0.717) is 12.2 Å². The Hall–Kier alpha value is -2.14. The monoisotopic (exact) mass is 368 g/mol. The topological polar surface area (TPSA) is 72.9 Å². The Balaban J connectivity index is 1.83. The van der Waals surface area contributed by atoms with Gasteiger partial charge in [-0.1, -0.05) is 50.6 Å². The fourth-order valence-electron chi connectivity index (χ4n) is 3.59.